The molecular formula is C22H26N4O2. The van der Waals surface area contributed by atoms with Crippen LogP contribution in [0.5, 0.6) is 0 Å². The van der Waals surface area contributed by atoms with Crippen molar-refractivity contribution in [1.29, 1.82) is 0 Å². The van der Waals surface area contributed by atoms with Gasteiger partial charge in [0.1, 0.15) is 6.54 Å². The summed E-state index contributed by atoms with van der Waals surface area (Å²) in [6.07, 6.45) is 8.16. The Labute approximate surface area is 164 Å². The quantitative estimate of drug-likeness (QED) is 0.741. The number of benzene rings is 1. The third kappa shape index (κ3) is 3.59. The van der Waals surface area contributed by atoms with Gasteiger partial charge in [-0.3, -0.25) is 14.3 Å². The summed E-state index contributed by atoms with van der Waals surface area (Å²) in [5.41, 5.74) is 2.28. The molecule has 3 aromatic rings. The van der Waals surface area contributed by atoms with E-state index in [1.165, 1.54) is 6.42 Å². The Bertz CT molecular complexity index is 1040. The fourth-order valence-corrected chi connectivity index (χ4v) is 4.05. The Hall–Kier alpha value is -2.89. The maximum atomic E-state index is 13.1. The van der Waals surface area contributed by atoms with Crippen molar-refractivity contribution in [2.24, 2.45) is 0 Å². The minimum absolute atomic E-state index is 0.0720. The number of pyridine rings is 1. The van der Waals surface area contributed by atoms with E-state index in [9.17, 15) is 9.59 Å². The molecule has 4 rings (SSSR count). The van der Waals surface area contributed by atoms with Crippen molar-refractivity contribution >= 4 is 16.9 Å². The number of nitrogens with one attached hydrogen (secondary N) is 1. The number of aryl methyl sites for hydroxylation is 1. The zero-order chi connectivity index (χ0) is 19.5. The summed E-state index contributed by atoms with van der Waals surface area (Å²) in [5, 5.41) is 3.66. The molecule has 0 saturated heterocycles. The normalized spacial score (nSPS) is 15.0. The van der Waals surface area contributed by atoms with E-state index in [4.69, 9.17) is 0 Å². The highest BCUT2D eigenvalue weighted by molar-refractivity contribution is 5.80. The summed E-state index contributed by atoms with van der Waals surface area (Å²) in [5.74, 6) is -0.0742. The second-order valence-electron chi connectivity index (χ2n) is 7.48. The number of carbonyl (C=O) groups excluding carboxylic acids is 1. The van der Waals surface area contributed by atoms with Crippen LogP contribution < -0.4 is 10.9 Å². The van der Waals surface area contributed by atoms with E-state index in [2.05, 4.69) is 17.2 Å². The summed E-state index contributed by atoms with van der Waals surface area (Å²) >= 11 is 0. The summed E-state index contributed by atoms with van der Waals surface area (Å²) in [4.78, 5) is 30.2. The highest BCUT2D eigenvalue weighted by atomic mass is 16.2. The van der Waals surface area contributed by atoms with Crippen LogP contribution in [0.3, 0.4) is 0 Å². The molecule has 2 aromatic heterocycles. The Morgan fingerprint density at radius 2 is 2.00 bits per heavy atom. The SMILES string of the molecule is CCc1cccc(-n2c(=O)c3cccnc3n2CC(=O)NC2CCCCC2)c1. The van der Waals surface area contributed by atoms with Gasteiger partial charge in [-0.2, -0.15) is 0 Å². The molecule has 1 saturated carbocycles. The fourth-order valence-electron chi connectivity index (χ4n) is 4.05. The number of rotatable bonds is 5. The van der Waals surface area contributed by atoms with Crippen LogP contribution in [0, 0.1) is 0 Å². The largest absolute Gasteiger partial charge is 0.352 e. The van der Waals surface area contributed by atoms with Crippen molar-refractivity contribution in [3.8, 4) is 5.69 Å². The predicted octanol–water partition coefficient (Wildman–Crippen LogP) is 3.20. The van der Waals surface area contributed by atoms with Crippen LogP contribution in [0.4, 0.5) is 0 Å². The topological polar surface area (TPSA) is 68.9 Å². The molecule has 0 unspecified atom stereocenters. The second-order valence-corrected chi connectivity index (χ2v) is 7.48. The summed E-state index contributed by atoms with van der Waals surface area (Å²) in [6, 6.07) is 11.6. The lowest BCUT2D eigenvalue weighted by Crippen LogP contribution is -2.39. The maximum absolute atomic E-state index is 13.1. The van der Waals surface area contributed by atoms with Crippen molar-refractivity contribution in [1.82, 2.24) is 19.7 Å². The standard InChI is InChI=1S/C22H26N4O2/c1-2-16-8-6-11-18(14-16)26-22(28)19-12-7-13-23-21(19)25(26)15-20(27)24-17-9-4-3-5-10-17/h6-8,11-14,17H,2-5,9-10,15H2,1H3,(H,24,27). The van der Waals surface area contributed by atoms with Crippen LogP contribution in [0.15, 0.2) is 47.4 Å². The van der Waals surface area contributed by atoms with Crippen LogP contribution in [0.25, 0.3) is 16.7 Å². The molecule has 28 heavy (non-hydrogen) atoms. The molecule has 0 aliphatic heterocycles. The molecule has 1 aliphatic rings. The monoisotopic (exact) mass is 378 g/mol. The molecule has 1 N–H and O–H groups in total. The number of carbonyl (C=O) groups is 1. The molecule has 1 amide bonds. The van der Waals surface area contributed by atoms with Crippen LogP contribution in [0.2, 0.25) is 0 Å². The van der Waals surface area contributed by atoms with Gasteiger partial charge < -0.3 is 5.32 Å². The van der Waals surface area contributed by atoms with Gasteiger partial charge in [0.15, 0.2) is 5.65 Å². The summed E-state index contributed by atoms with van der Waals surface area (Å²) in [6.45, 7) is 2.15. The maximum Gasteiger partial charge on any atom is 0.280 e. The summed E-state index contributed by atoms with van der Waals surface area (Å²) in [7, 11) is 0. The number of hydrogen-bond acceptors (Lipinski definition) is 3. The van der Waals surface area contributed by atoms with Gasteiger partial charge in [-0.05, 0) is 49.1 Å². The van der Waals surface area contributed by atoms with E-state index in [-0.39, 0.29) is 24.1 Å². The van der Waals surface area contributed by atoms with Gasteiger partial charge in [0.25, 0.3) is 5.56 Å². The van der Waals surface area contributed by atoms with Gasteiger partial charge in [0, 0.05) is 12.2 Å². The Morgan fingerprint density at radius 3 is 2.79 bits per heavy atom. The minimum Gasteiger partial charge on any atom is -0.352 e. The van der Waals surface area contributed by atoms with Gasteiger partial charge in [-0.25, -0.2) is 9.67 Å². The Morgan fingerprint density at radius 1 is 1.18 bits per heavy atom. The van der Waals surface area contributed by atoms with Gasteiger partial charge in [0.05, 0.1) is 11.1 Å². The van der Waals surface area contributed by atoms with E-state index in [0.29, 0.717) is 11.0 Å². The molecule has 0 radical (unpaired) electrons. The lowest BCUT2D eigenvalue weighted by molar-refractivity contribution is -0.122. The number of hydrogen-bond donors (Lipinski definition) is 1. The van der Waals surface area contributed by atoms with Gasteiger partial charge in [-0.1, -0.05) is 38.3 Å². The molecule has 1 aliphatic carbocycles. The first-order valence-electron chi connectivity index (χ1n) is 10.1. The average Bonchev–Trinajstić information content (AvgIpc) is 3.00. The highest BCUT2D eigenvalue weighted by Crippen LogP contribution is 2.18. The third-order valence-electron chi connectivity index (χ3n) is 5.52. The van der Waals surface area contributed by atoms with Crippen molar-refractivity contribution in [2.45, 2.75) is 58.0 Å². The smallest absolute Gasteiger partial charge is 0.280 e. The first-order chi connectivity index (χ1) is 13.7. The summed E-state index contributed by atoms with van der Waals surface area (Å²) < 4.78 is 3.28. The molecule has 1 aromatic carbocycles. The zero-order valence-corrected chi connectivity index (χ0v) is 16.2. The zero-order valence-electron chi connectivity index (χ0n) is 16.2. The van der Waals surface area contributed by atoms with Crippen molar-refractivity contribution in [3.63, 3.8) is 0 Å². The van der Waals surface area contributed by atoms with Gasteiger partial charge >= 0.3 is 0 Å². The van der Waals surface area contributed by atoms with Gasteiger partial charge in [-0.15, -0.1) is 0 Å². The molecule has 2 heterocycles. The van der Waals surface area contributed by atoms with Crippen molar-refractivity contribution in [2.75, 3.05) is 0 Å². The highest BCUT2D eigenvalue weighted by Gasteiger charge is 2.20. The molecular weight excluding hydrogens is 352 g/mol. The van der Waals surface area contributed by atoms with Crippen molar-refractivity contribution in [3.05, 3.63) is 58.5 Å². The van der Waals surface area contributed by atoms with E-state index in [1.807, 2.05) is 24.3 Å². The predicted molar refractivity (Wildman–Crippen MR) is 110 cm³/mol. The van der Waals surface area contributed by atoms with Gasteiger partial charge in [0.2, 0.25) is 5.91 Å². The van der Waals surface area contributed by atoms with Crippen LogP contribution in [-0.2, 0) is 17.8 Å². The number of aromatic nitrogens is 3. The lowest BCUT2D eigenvalue weighted by Gasteiger charge is -2.23. The number of fused-ring (bicyclic) bond motifs is 1. The Balaban J connectivity index is 1.73. The van der Waals surface area contributed by atoms with E-state index < -0.39 is 0 Å². The Kier molecular flexibility index (Phi) is 5.28. The van der Waals surface area contributed by atoms with E-state index >= 15 is 0 Å². The molecule has 6 heteroatoms. The van der Waals surface area contributed by atoms with Crippen molar-refractivity contribution < 1.29 is 4.79 Å². The molecule has 6 nitrogen and oxygen atoms in total. The second kappa shape index (κ2) is 8.00. The molecule has 0 spiro atoms. The third-order valence-corrected chi connectivity index (χ3v) is 5.52. The van der Waals surface area contributed by atoms with Crippen LogP contribution in [-0.4, -0.2) is 26.3 Å². The first kappa shape index (κ1) is 18.5. The molecule has 0 atom stereocenters. The minimum atomic E-state index is -0.151. The average molecular weight is 378 g/mol. The molecule has 146 valence electrons. The van der Waals surface area contributed by atoms with Crippen LogP contribution >= 0.6 is 0 Å². The number of nitrogens with zero attached hydrogens (tertiary/aromatic N) is 3. The van der Waals surface area contributed by atoms with E-state index in [1.54, 1.807) is 27.7 Å². The fraction of sp³-hybridized carbons (Fsp3) is 0.409. The van der Waals surface area contributed by atoms with Crippen LogP contribution in [0.1, 0.15) is 44.6 Å². The molecule has 0 bridgehead atoms. The first-order valence-corrected chi connectivity index (χ1v) is 10.1. The molecule has 1 fully saturated rings. The lowest BCUT2D eigenvalue weighted by atomic mass is 9.95. The van der Waals surface area contributed by atoms with E-state index in [0.717, 1.165) is 43.4 Å². The number of amides is 1.